The summed E-state index contributed by atoms with van der Waals surface area (Å²) >= 11 is 0. The average molecular weight is 284 g/mol. The number of aryl methyl sites for hydroxylation is 2. The van der Waals surface area contributed by atoms with E-state index in [2.05, 4.69) is 6.92 Å². The van der Waals surface area contributed by atoms with Gasteiger partial charge in [0.2, 0.25) is 0 Å². The first-order chi connectivity index (χ1) is 10.1. The zero-order valence-electron chi connectivity index (χ0n) is 12.4. The van der Waals surface area contributed by atoms with Gasteiger partial charge >= 0.3 is 5.97 Å². The molecule has 1 atom stereocenters. The Hall–Kier alpha value is -2.29. The van der Waals surface area contributed by atoms with Crippen LogP contribution in [0.25, 0.3) is 0 Å². The molecule has 2 rings (SSSR count). The number of ether oxygens (including phenoxy) is 1. The van der Waals surface area contributed by atoms with E-state index in [1.165, 1.54) is 5.56 Å². The van der Waals surface area contributed by atoms with Crippen LogP contribution in [0.15, 0.2) is 48.5 Å². The maximum absolute atomic E-state index is 11.4. The lowest BCUT2D eigenvalue weighted by Crippen LogP contribution is -2.29. The summed E-state index contributed by atoms with van der Waals surface area (Å²) in [6.45, 7) is 4.04. The Kier molecular flexibility index (Phi) is 4.99. The van der Waals surface area contributed by atoms with Crippen molar-refractivity contribution in [2.24, 2.45) is 0 Å². The van der Waals surface area contributed by atoms with Crippen LogP contribution in [0.1, 0.15) is 23.6 Å². The average Bonchev–Trinajstić information content (AvgIpc) is 2.47. The Bertz CT molecular complexity index is 602. The molecular formula is C18H20O3. The van der Waals surface area contributed by atoms with Crippen LogP contribution in [-0.4, -0.2) is 17.2 Å². The van der Waals surface area contributed by atoms with Crippen LogP contribution >= 0.6 is 0 Å². The highest BCUT2D eigenvalue weighted by Crippen LogP contribution is 2.17. The van der Waals surface area contributed by atoms with Crippen LogP contribution in [0.3, 0.4) is 0 Å². The highest BCUT2D eigenvalue weighted by Gasteiger charge is 2.20. The van der Waals surface area contributed by atoms with Crippen LogP contribution in [-0.2, 0) is 17.6 Å². The Morgan fingerprint density at radius 2 is 1.81 bits per heavy atom. The van der Waals surface area contributed by atoms with Gasteiger partial charge in [0.1, 0.15) is 5.75 Å². The number of carbonyl (C=O) groups is 1. The molecule has 0 saturated heterocycles. The highest BCUT2D eigenvalue weighted by molar-refractivity contribution is 5.73. The van der Waals surface area contributed by atoms with E-state index >= 15 is 0 Å². The van der Waals surface area contributed by atoms with Gasteiger partial charge in [0.25, 0.3) is 0 Å². The monoisotopic (exact) mass is 284 g/mol. The molecule has 0 aliphatic heterocycles. The smallest absolute Gasteiger partial charge is 0.345 e. The molecule has 0 radical (unpaired) electrons. The molecule has 1 N–H and O–H groups in total. The molecule has 0 bridgehead atoms. The van der Waals surface area contributed by atoms with Crippen LogP contribution in [0.2, 0.25) is 0 Å². The van der Waals surface area contributed by atoms with Crippen molar-refractivity contribution < 1.29 is 14.6 Å². The molecule has 2 aromatic rings. The van der Waals surface area contributed by atoms with Crippen molar-refractivity contribution in [2.75, 3.05) is 0 Å². The molecule has 0 fully saturated rings. The first-order valence-corrected chi connectivity index (χ1v) is 7.12. The van der Waals surface area contributed by atoms with Crippen LogP contribution < -0.4 is 4.74 Å². The Morgan fingerprint density at radius 3 is 2.38 bits per heavy atom. The highest BCUT2D eigenvalue weighted by atomic mass is 16.5. The second-order valence-corrected chi connectivity index (χ2v) is 5.14. The zero-order chi connectivity index (χ0) is 15.2. The summed E-state index contributed by atoms with van der Waals surface area (Å²) < 4.78 is 5.62. The van der Waals surface area contributed by atoms with E-state index in [1.54, 1.807) is 6.07 Å². The summed E-state index contributed by atoms with van der Waals surface area (Å²) in [6.07, 6.45) is 0.453. The number of hydrogen-bond acceptors (Lipinski definition) is 2. The van der Waals surface area contributed by atoms with Gasteiger partial charge in [-0.2, -0.15) is 0 Å². The number of carboxylic acids is 1. The zero-order valence-corrected chi connectivity index (χ0v) is 12.4. The molecule has 21 heavy (non-hydrogen) atoms. The maximum Gasteiger partial charge on any atom is 0.345 e. The molecule has 0 heterocycles. The van der Waals surface area contributed by atoms with E-state index in [4.69, 9.17) is 4.74 Å². The number of rotatable bonds is 6. The predicted octanol–water partition coefficient (Wildman–Crippen LogP) is 3.63. The van der Waals surface area contributed by atoms with Gasteiger partial charge in [-0.1, -0.05) is 43.3 Å². The molecule has 0 amide bonds. The van der Waals surface area contributed by atoms with E-state index in [1.807, 2.05) is 49.4 Å². The second-order valence-electron chi connectivity index (χ2n) is 5.14. The van der Waals surface area contributed by atoms with E-state index in [0.29, 0.717) is 12.2 Å². The fourth-order valence-corrected chi connectivity index (χ4v) is 2.16. The first-order valence-electron chi connectivity index (χ1n) is 7.12. The van der Waals surface area contributed by atoms with E-state index in [0.717, 1.165) is 17.5 Å². The summed E-state index contributed by atoms with van der Waals surface area (Å²) in [4.78, 5) is 11.4. The predicted molar refractivity (Wildman–Crippen MR) is 82.8 cm³/mol. The quantitative estimate of drug-likeness (QED) is 0.881. The topological polar surface area (TPSA) is 46.5 Å². The van der Waals surface area contributed by atoms with Crippen molar-refractivity contribution >= 4 is 5.97 Å². The van der Waals surface area contributed by atoms with Gasteiger partial charge in [-0.15, -0.1) is 0 Å². The van der Waals surface area contributed by atoms with Crippen molar-refractivity contribution in [2.45, 2.75) is 32.8 Å². The van der Waals surface area contributed by atoms with E-state index in [-0.39, 0.29) is 0 Å². The minimum absolute atomic E-state index is 0.354. The second kappa shape index (κ2) is 6.93. The third kappa shape index (κ3) is 4.35. The van der Waals surface area contributed by atoms with Crippen LogP contribution in [0.5, 0.6) is 5.75 Å². The molecule has 0 aromatic heterocycles. The lowest BCUT2D eigenvalue weighted by Gasteiger charge is -2.15. The number of carboxylic acid groups (broad SMARTS) is 1. The number of aliphatic carboxylic acids is 1. The molecule has 0 saturated carbocycles. The molecule has 0 aliphatic carbocycles. The minimum Gasteiger partial charge on any atom is -0.478 e. The van der Waals surface area contributed by atoms with E-state index < -0.39 is 12.1 Å². The van der Waals surface area contributed by atoms with Gasteiger partial charge in [0, 0.05) is 6.42 Å². The fourth-order valence-electron chi connectivity index (χ4n) is 2.16. The van der Waals surface area contributed by atoms with Crippen LogP contribution in [0.4, 0.5) is 0 Å². The first kappa shape index (κ1) is 15.1. The molecule has 3 nitrogen and oxygen atoms in total. The summed E-state index contributed by atoms with van der Waals surface area (Å²) in [7, 11) is 0. The number of benzene rings is 2. The SMILES string of the molecule is CCc1ccc(C[C@@H](Oc2cccc(C)c2)C(=O)O)cc1. The summed E-state index contributed by atoms with van der Waals surface area (Å²) in [5, 5.41) is 9.34. The lowest BCUT2D eigenvalue weighted by atomic mass is 10.0. The van der Waals surface area contributed by atoms with Gasteiger partial charge in [-0.3, -0.25) is 0 Å². The largest absolute Gasteiger partial charge is 0.478 e. The van der Waals surface area contributed by atoms with Crippen molar-refractivity contribution in [1.82, 2.24) is 0 Å². The Labute approximate surface area is 125 Å². The van der Waals surface area contributed by atoms with Crippen LogP contribution in [0, 0.1) is 6.92 Å². The third-order valence-corrected chi connectivity index (χ3v) is 3.40. The Balaban J connectivity index is 2.10. The van der Waals surface area contributed by atoms with Crippen molar-refractivity contribution in [3.8, 4) is 5.75 Å². The summed E-state index contributed by atoms with van der Waals surface area (Å²) in [6, 6.07) is 15.4. The van der Waals surface area contributed by atoms with Gasteiger partial charge in [-0.05, 0) is 42.2 Å². The normalized spacial score (nSPS) is 11.9. The van der Waals surface area contributed by atoms with Crippen molar-refractivity contribution in [3.63, 3.8) is 0 Å². The lowest BCUT2D eigenvalue weighted by molar-refractivity contribution is -0.145. The molecule has 2 aromatic carbocycles. The minimum atomic E-state index is -0.948. The molecule has 0 spiro atoms. The molecule has 0 unspecified atom stereocenters. The maximum atomic E-state index is 11.4. The fraction of sp³-hybridized carbons (Fsp3) is 0.278. The van der Waals surface area contributed by atoms with Gasteiger partial charge in [-0.25, -0.2) is 4.79 Å². The van der Waals surface area contributed by atoms with Gasteiger partial charge < -0.3 is 9.84 Å². The molecule has 3 heteroatoms. The number of hydrogen-bond donors (Lipinski definition) is 1. The van der Waals surface area contributed by atoms with E-state index in [9.17, 15) is 9.90 Å². The van der Waals surface area contributed by atoms with Gasteiger partial charge in [0.15, 0.2) is 6.10 Å². The standard InChI is InChI=1S/C18H20O3/c1-3-14-7-9-15(10-8-14)12-17(18(19)20)21-16-6-4-5-13(2)11-16/h4-11,17H,3,12H2,1-2H3,(H,19,20)/t17-/m1/s1. The van der Waals surface area contributed by atoms with Crippen molar-refractivity contribution in [3.05, 3.63) is 65.2 Å². The van der Waals surface area contributed by atoms with Crippen molar-refractivity contribution in [1.29, 1.82) is 0 Å². The summed E-state index contributed by atoms with van der Waals surface area (Å²) in [5.41, 5.74) is 3.25. The summed E-state index contributed by atoms with van der Waals surface area (Å²) in [5.74, 6) is -0.358. The third-order valence-electron chi connectivity index (χ3n) is 3.40. The molecule has 0 aliphatic rings. The molecule has 110 valence electrons. The molecular weight excluding hydrogens is 264 g/mol. The Morgan fingerprint density at radius 1 is 1.14 bits per heavy atom. The van der Waals surface area contributed by atoms with Gasteiger partial charge in [0.05, 0.1) is 0 Å².